The Labute approximate surface area is 197 Å². The first-order valence-corrected chi connectivity index (χ1v) is 12.9. The first kappa shape index (κ1) is 27.0. The minimum Gasteiger partial charge on any atom is -0.338 e. The highest BCUT2D eigenvalue weighted by Crippen LogP contribution is 2.26. The van der Waals surface area contributed by atoms with E-state index in [1.165, 1.54) is 36.4 Å². The standard InChI is InChI=1S/C21H25N3O8S2/c1-4-22-21(26)24-17-10-8-15(19(12-17)34(30,31)32)6-5-14-7-9-16(23-20(25)13(2)3)11-18(14)33(27,28)29/h5-13H,4H2,1-3H3,(H,23,25)(H2,22,24,26)(H,27,28,29)(H,30,31,32). The molecule has 2 rings (SSSR count). The Balaban J connectivity index is 2.49. The fourth-order valence-corrected chi connectivity index (χ4v) is 4.17. The first-order valence-electron chi connectivity index (χ1n) is 9.99. The molecule has 0 atom stereocenters. The van der Waals surface area contributed by atoms with E-state index in [1.54, 1.807) is 20.8 Å². The Bertz CT molecular complexity index is 1330. The molecule has 0 spiro atoms. The van der Waals surface area contributed by atoms with Gasteiger partial charge in [-0.05, 0) is 42.3 Å². The van der Waals surface area contributed by atoms with Crippen LogP contribution in [0.3, 0.4) is 0 Å². The van der Waals surface area contributed by atoms with Crippen molar-refractivity contribution in [2.24, 2.45) is 5.92 Å². The van der Waals surface area contributed by atoms with Crippen molar-refractivity contribution in [1.29, 1.82) is 0 Å². The lowest BCUT2D eigenvalue weighted by atomic mass is 10.1. The third-order valence-corrected chi connectivity index (χ3v) is 6.23. The summed E-state index contributed by atoms with van der Waals surface area (Å²) < 4.78 is 66.8. The lowest BCUT2D eigenvalue weighted by molar-refractivity contribution is -0.118. The van der Waals surface area contributed by atoms with Gasteiger partial charge in [0, 0.05) is 23.8 Å². The molecule has 184 valence electrons. The molecule has 0 aliphatic heterocycles. The predicted octanol–water partition coefficient (Wildman–Crippen LogP) is 3.09. The number of carbonyl (C=O) groups is 2. The topological polar surface area (TPSA) is 179 Å². The molecule has 34 heavy (non-hydrogen) atoms. The molecule has 3 amide bonds. The lowest BCUT2D eigenvalue weighted by Crippen LogP contribution is -2.28. The molecule has 2 aromatic rings. The van der Waals surface area contributed by atoms with E-state index in [4.69, 9.17) is 0 Å². The van der Waals surface area contributed by atoms with Gasteiger partial charge in [-0.3, -0.25) is 13.9 Å². The Hall–Kier alpha value is -3.26. The van der Waals surface area contributed by atoms with E-state index in [0.717, 1.165) is 12.1 Å². The molecule has 0 unspecified atom stereocenters. The zero-order valence-electron chi connectivity index (χ0n) is 18.6. The number of hydrogen-bond donors (Lipinski definition) is 5. The summed E-state index contributed by atoms with van der Waals surface area (Å²) in [4.78, 5) is 22.5. The van der Waals surface area contributed by atoms with Crippen LogP contribution in [0.1, 0.15) is 31.9 Å². The monoisotopic (exact) mass is 511 g/mol. The second-order valence-electron chi connectivity index (χ2n) is 7.42. The molecule has 13 heteroatoms. The Morgan fingerprint density at radius 2 is 1.29 bits per heavy atom. The van der Waals surface area contributed by atoms with Crippen LogP contribution >= 0.6 is 0 Å². The number of rotatable bonds is 8. The molecule has 0 saturated heterocycles. The number of benzene rings is 2. The van der Waals surface area contributed by atoms with Gasteiger partial charge in [0.15, 0.2) is 0 Å². The third-order valence-electron chi connectivity index (χ3n) is 4.41. The molecule has 0 aromatic heterocycles. The zero-order valence-corrected chi connectivity index (χ0v) is 20.2. The molecular weight excluding hydrogens is 486 g/mol. The summed E-state index contributed by atoms with van der Waals surface area (Å²) in [6.07, 6.45) is 2.44. The maximum absolute atomic E-state index is 11.9. The minimum atomic E-state index is -4.71. The first-order chi connectivity index (χ1) is 15.7. The normalized spacial score (nSPS) is 12.1. The van der Waals surface area contributed by atoms with Gasteiger partial charge in [-0.15, -0.1) is 0 Å². The van der Waals surface area contributed by atoms with Crippen molar-refractivity contribution in [3.8, 4) is 0 Å². The highest BCUT2D eigenvalue weighted by Gasteiger charge is 2.18. The SMILES string of the molecule is CCNC(=O)Nc1ccc(C=Cc2ccc(NC(=O)C(C)C)cc2S(=O)(=O)O)c(S(=O)(=O)O)c1. The van der Waals surface area contributed by atoms with E-state index in [9.17, 15) is 35.5 Å². The number of urea groups is 1. The van der Waals surface area contributed by atoms with Gasteiger partial charge >= 0.3 is 6.03 Å². The van der Waals surface area contributed by atoms with Crippen LogP contribution in [0.4, 0.5) is 16.2 Å². The second kappa shape index (κ2) is 10.8. The highest BCUT2D eigenvalue weighted by molar-refractivity contribution is 7.86. The van der Waals surface area contributed by atoms with Gasteiger partial charge in [0.25, 0.3) is 20.2 Å². The van der Waals surface area contributed by atoms with E-state index in [1.807, 2.05) is 0 Å². The number of amides is 3. The molecule has 0 heterocycles. The van der Waals surface area contributed by atoms with E-state index < -0.39 is 36.1 Å². The van der Waals surface area contributed by atoms with Crippen LogP contribution in [0.2, 0.25) is 0 Å². The Kier molecular flexibility index (Phi) is 8.56. The molecule has 0 aliphatic carbocycles. The van der Waals surface area contributed by atoms with Crippen molar-refractivity contribution >= 4 is 55.7 Å². The van der Waals surface area contributed by atoms with E-state index in [2.05, 4.69) is 16.0 Å². The summed E-state index contributed by atoms with van der Waals surface area (Å²) in [6, 6.07) is 6.94. The summed E-state index contributed by atoms with van der Waals surface area (Å²) in [5.74, 6) is -0.721. The summed E-state index contributed by atoms with van der Waals surface area (Å²) in [7, 11) is -9.42. The van der Waals surface area contributed by atoms with Crippen molar-refractivity contribution in [2.75, 3.05) is 17.2 Å². The van der Waals surface area contributed by atoms with Gasteiger partial charge in [0.2, 0.25) is 5.91 Å². The average molecular weight is 512 g/mol. The second-order valence-corrected chi connectivity index (χ2v) is 10.2. The largest absolute Gasteiger partial charge is 0.338 e. The van der Waals surface area contributed by atoms with Crippen LogP contribution in [0, 0.1) is 5.92 Å². The van der Waals surface area contributed by atoms with Gasteiger partial charge in [0.05, 0.1) is 0 Å². The van der Waals surface area contributed by atoms with Crippen molar-refractivity contribution in [2.45, 2.75) is 30.6 Å². The van der Waals surface area contributed by atoms with Gasteiger partial charge in [-0.1, -0.05) is 38.1 Å². The third kappa shape index (κ3) is 7.38. The summed E-state index contributed by atoms with van der Waals surface area (Å²) >= 11 is 0. The molecular formula is C21H25N3O8S2. The van der Waals surface area contributed by atoms with Crippen molar-refractivity contribution in [3.63, 3.8) is 0 Å². The van der Waals surface area contributed by atoms with Gasteiger partial charge in [0.1, 0.15) is 9.79 Å². The quantitative estimate of drug-likeness (QED) is 0.265. The molecule has 0 aliphatic rings. The number of nitrogens with one attached hydrogen (secondary N) is 3. The Morgan fingerprint density at radius 1 is 0.853 bits per heavy atom. The smallest absolute Gasteiger partial charge is 0.319 e. The average Bonchev–Trinajstić information content (AvgIpc) is 2.72. The van der Waals surface area contributed by atoms with Gasteiger partial charge < -0.3 is 16.0 Å². The fourth-order valence-electron chi connectivity index (χ4n) is 2.75. The van der Waals surface area contributed by atoms with Crippen LogP contribution in [0.25, 0.3) is 12.2 Å². The molecule has 0 bridgehead atoms. The van der Waals surface area contributed by atoms with Crippen LogP contribution < -0.4 is 16.0 Å². The summed E-state index contributed by atoms with van der Waals surface area (Å²) in [5, 5.41) is 7.42. The van der Waals surface area contributed by atoms with Crippen molar-refractivity contribution in [3.05, 3.63) is 47.5 Å². The molecule has 0 saturated carbocycles. The van der Waals surface area contributed by atoms with Crippen LogP contribution in [0.15, 0.2) is 46.2 Å². The molecule has 2 aromatic carbocycles. The summed E-state index contributed by atoms with van der Waals surface area (Å²) in [5.41, 5.74) is 0.223. The van der Waals surface area contributed by atoms with E-state index >= 15 is 0 Å². The van der Waals surface area contributed by atoms with Crippen LogP contribution in [-0.2, 0) is 25.0 Å². The van der Waals surface area contributed by atoms with Gasteiger partial charge in [-0.2, -0.15) is 16.8 Å². The summed E-state index contributed by atoms with van der Waals surface area (Å²) in [6.45, 7) is 5.34. The Morgan fingerprint density at radius 3 is 1.68 bits per heavy atom. The molecule has 11 nitrogen and oxygen atoms in total. The predicted molar refractivity (Wildman–Crippen MR) is 128 cm³/mol. The van der Waals surface area contributed by atoms with Crippen LogP contribution in [0.5, 0.6) is 0 Å². The number of carbonyl (C=O) groups excluding carboxylic acids is 2. The van der Waals surface area contributed by atoms with Crippen molar-refractivity contribution < 1.29 is 35.5 Å². The molecule has 5 N–H and O–H groups in total. The molecule has 0 radical (unpaired) electrons. The van der Waals surface area contributed by atoms with E-state index in [0.29, 0.717) is 6.54 Å². The van der Waals surface area contributed by atoms with Crippen molar-refractivity contribution in [1.82, 2.24) is 5.32 Å². The van der Waals surface area contributed by atoms with Crippen LogP contribution in [-0.4, -0.2) is 44.4 Å². The maximum Gasteiger partial charge on any atom is 0.319 e. The van der Waals surface area contributed by atoms with E-state index in [-0.39, 0.29) is 34.3 Å². The van der Waals surface area contributed by atoms with Gasteiger partial charge in [-0.25, -0.2) is 4.79 Å². The molecule has 0 fully saturated rings. The minimum absolute atomic E-state index is 0.00383. The zero-order chi connectivity index (χ0) is 25.7. The number of hydrogen-bond acceptors (Lipinski definition) is 6. The highest BCUT2D eigenvalue weighted by atomic mass is 32.2. The lowest BCUT2D eigenvalue weighted by Gasteiger charge is -2.11. The maximum atomic E-state index is 11.9. The number of anilines is 2. The fraction of sp³-hybridized carbons (Fsp3) is 0.238.